The van der Waals surface area contributed by atoms with E-state index in [1.807, 2.05) is 30.3 Å². The largest absolute Gasteiger partial charge is 0.494 e. The minimum atomic E-state index is -2.17. The van der Waals surface area contributed by atoms with Gasteiger partial charge in [-0.2, -0.15) is 0 Å². The maximum absolute atomic E-state index is 11.0. The molecule has 0 heterocycles. The number of para-hydroxylation sites is 2. The van der Waals surface area contributed by atoms with E-state index in [0.29, 0.717) is 17.1 Å². The number of hydrogen-bond donors (Lipinski definition) is 3. The van der Waals surface area contributed by atoms with Crippen LogP contribution in [0.4, 0.5) is 17.1 Å². The number of rotatable bonds is 5. The number of nitrogens with one attached hydrogen (secondary N) is 2. The molecule has 6 heteroatoms. The fraction of sp³-hybridized carbons (Fsp3) is 0.0769. The molecule has 0 aliphatic carbocycles. The Morgan fingerprint density at radius 3 is 2.47 bits per heavy atom. The van der Waals surface area contributed by atoms with E-state index in [1.54, 1.807) is 18.2 Å². The van der Waals surface area contributed by atoms with Crippen LogP contribution < -0.4 is 14.8 Å². The molecule has 1 atom stereocenters. The van der Waals surface area contributed by atoms with Crippen LogP contribution in [0.3, 0.4) is 0 Å². The van der Waals surface area contributed by atoms with Crippen molar-refractivity contribution < 1.29 is 13.5 Å². The highest BCUT2D eigenvalue weighted by molar-refractivity contribution is 7.80. The van der Waals surface area contributed by atoms with E-state index >= 15 is 0 Å². The Balaban J connectivity index is 2.36. The fourth-order valence-electron chi connectivity index (χ4n) is 1.67. The first-order valence-electron chi connectivity index (χ1n) is 5.57. The molecule has 0 bridgehead atoms. The van der Waals surface area contributed by atoms with Crippen molar-refractivity contribution in [2.24, 2.45) is 0 Å². The summed E-state index contributed by atoms with van der Waals surface area (Å²) in [5.41, 5.74) is 1.98. The van der Waals surface area contributed by atoms with Crippen LogP contribution in [0.2, 0.25) is 0 Å². The minimum Gasteiger partial charge on any atom is -0.494 e. The Bertz CT molecular complexity index is 575. The van der Waals surface area contributed by atoms with Gasteiger partial charge in [0.15, 0.2) is 0 Å². The summed E-state index contributed by atoms with van der Waals surface area (Å²) < 4.78 is 27.6. The van der Waals surface area contributed by atoms with Crippen LogP contribution in [-0.2, 0) is 11.3 Å². The number of hydrogen-bond acceptors (Lipinski definition) is 3. The van der Waals surface area contributed by atoms with Gasteiger partial charge >= 0.3 is 0 Å². The molecule has 1 unspecified atom stereocenters. The van der Waals surface area contributed by atoms with Gasteiger partial charge in [0, 0.05) is 5.69 Å². The van der Waals surface area contributed by atoms with Gasteiger partial charge in [-0.05, 0) is 24.3 Å². The number of ether oxygens (including phenoxy) is 1. The number of benzene rings is 2. The quantitative estimate of drug-likeness (QED) is 0.735. The van der Waals surface area contributed by atoms with Crippen molar-refractivity contribution in [1.29, 1.82) is 0 Å². The average Bonchev–Trinajstić information content (AvgIpc) is 2.41. The molecule has 0 aromatic heterocycles. The zero-order valence-corrected chi connectivity index (χ0v) is 11.1. The van der Waals surface area contributed by atoms with Crippen LogP contribution in [-0.4, -0.2) is 15.9 Å². The maximum atomic E-state index is 11.0. The van der Waals surface area contributed by atoms with Gasteiger partial charge in [0.1, 0.15) is 11.4 Å². The van der Waals surface area contributed by atoms with Gasteiger partial charge in [-0.15, -0.1) is 0 Å². The monoisotopic (exact) mass is 278 g/mol. The van der Waals surface area contributed by atoms with Crippen LogP contribution in [0, 0.1) is 0 Å². The van der Waals surface area contributed by atoms with Crippen LogP contribution in [0.25, 0.3) is 0 Å². The molecule has 2 rings (SSSR count). The molecular weight excluding hydrogens is 264 g/mol. The van der Waals surface area contributed by atoms with E-state index in [1.165, 1.54) is 7.11 Å². The lowest BCUT2D eigenvalue weighted by Gasteiger charge is -2.15. The maximum Gasteiger partial charge on any atom is 0.259 e. The number of anilines is 3. The molecule has 3 N–H and O–H groups in total. The summed E-state index contributed by atoms with van der Waals surface area (Å²) in [6.07, 6.45) is 0. The van der Waals surface area contributed by atoms with E-state index in [4.69, 9.17) is 9.29 Å². The van der Waals surface area contributed by atoms with Crippen molar-refractivity contribution in [2.45, 2.75) is 0 Å². The third-order valence-corrected chi connectivity index (χ3v) is 2.87. The third kappa shape index (κ3) is 3.46. The number of methoxy groups -OCH3 is 1. The van der Waals surface area contributed by atoms with E-state index in [9.17, 15) is 4.21 Å². The van der Waals surface area contributed by atoms with Crippen LogP contribution in [0.5, 0.6) is 5.75 Å². The molecule has 0 radical (unpaired) electrons. The molecule has 2 aromatic carbocycles. The first-order chi connectivity index (χ1) is 9.20. The minimum absolute atomic E-state index is 0.440. The Hall–Kier alpha value is -2.05. The highest BCUT2D eigenvalue weighted by Gasteiger charge is 2.10. The van der Waals surface area contributed by atoms with E-state index in [-0.39, 0.29) is 0 Å². The lowest BCUT2D eigenvalue weighted by atomic mass is 10.2. The van der Waals surface area contributed by atoms with Crippen molar-refractivity contribution in [2.75, 3.05) is 17.1 Å². The summed E-state index contributed by atoms with van der Waals surface area (Å²) in [6.45, 7) is 0. The summed E-state index contributed by atoms with van der Waals surface area (Å²) >= 11 is -2.17. The summed E-state index contributed by atoms with van der Waals surface area (Å²) in [4.78, 5) is 0. The predicted molar refractivity (Wildman–Crippen MR) is 77.1 cm³/mol. The summed E-state index contributed by atoms with van der Waals surface area (Å²) in [5, 5.41) is 3.16. The highest BCUT2D eigenvalue weighted by Crippen LogP contribution is 2.34. The average molecular weight is 278 g/mol. The molecule has 0 saturated carbocycles. The Morgan fingerprint density at radius 1 is 1.11 bits per heavy atom. The molecule has 0 saturated heterocycles. The van der Waals surface area contributed by atoms with Crippen molar-refractivity contribution >= 4 is 28.3 Å². The van der Waals surface area contributed by atoms with Crippen LogP contribution in [0.15, 0.2) is 48.5 Å². The fourth-order valence-corrected chi connectivity index (χ4v) is 2.06. The molecule has 2 aromatic rings. The van der Waals surface area contributed by atoms with Crippen molar-refractivity contribution in [3.05, 3.63) is 48.5 Å². The molecule has 0 fully saturated rings. The van der Waals surface area contributed by atoms with Crippen LogP contribution in [0.1, 0.15) is 0 Å². The Kier molecular flexibility index (Phi) is 4.38. The lowest BCUT2D eigenvalue weighted by Crippen LogP contribution is -2.06. The first-order valence-corrected chi connectivity index (χ1v) is 6.68. The second-order valence-corrected chi connectivity index (χ2v) is 4.43. The SMILES string of the molecule is COc1cccc(Nc2ccccc2)c1NS(=O)O. The lowest BCUT2D eigenvalue weighted by molar-refractivity contribution is 0.417. The normalized spacial score (nSPS) is 11.7. The van der Waals surface area contributed by atoms with Gasteiger partial charge in [0.05, 0.1) is 12.8 Å². The van der Waals surface area contributed by atoms with Gasteiger partial charge in [0.25, 0.3) is 11.3 Å². The van der Waals surface area contributed by atoms with Gasteiger partial charge in [0.2, 0.25) is 0 Å². The molecule has 100 valence electrons. The Labute approximate surface area is 114 Å². The third-order valence-electron chi connectivity index (χ3n) is 2.49. The first kappa shape index (κ1) is 13.4. The molecule has 19 heavy (non-hydrogen) atoms. The molecule has 0 aliphatic rings. The zero-order chi connectivity index (χ0) is 13.7. The second-order valence-electron chi connectivity index (χ2n) is 3.73. The van der Waals surface area contributed by atoms with Gasteiger partial charge in [-0.1, -0.05) is 24.3 Å². The van der Waals surface area contributed by atoms with Crippen molar-refractivity contribution in [3.8, 4) is 5.75 Å². The summed E-state index contributed by atoms with van der Waals surface area (Å²) in [6, 6.07) is 14.8. The Morgan fingerprint density at radius 2 is 1.84 bits per heavy atom. The van der Waals surface area contributed by atoms with E-state index in [0.717, 1.165) is 5.69 Å². The van der Waals surface area contributed by atoms with E-state index < -0.39 is 11.3 Å². The van der Waals surface area contributed by atoms with Gasteiger partial charge in [-0.25, -0.2) is 4.21 Å². The highest BCUT2D eigenvalue weighted by atomic mass is 32.2. The van der Waals surface area contributed by atoms with Crippen molar-refractivity contribution in [3.63, 3.8) is 0 Å². The molecule has 0 aliphatic heterocycles. The second kappa shape index (κ2) is 6.21. The molecule has 5 nitrogen and oxygen atoms in total. The van der Waals surface area contributed by atoms with Gasteiger partial charge in [-0.3, -0.25) is 9.27 Å². The topological polar surface area (TPSA) is 70.6 Å². The molecule has 0 amide bonds. The van der Waals surface area contributed by atoms with Crippen molar-refractivity contribution in [1.82, 2.24) is 0 Å². The molecular formula is C13H14N2O3S. The van der Waals surface area contributed by atoms with Crippen LogP contribution >= 0.6 is 0 Å². The molecule has 0 spiro atoms. The van der Waals surface area contributed by atoms with E-state index in [2.05, 4.69) is 10.0 Å². The standard InChI is InChI=1S/C13H14N2O3S/c1-18-12-9-5-8-11(13(12)15-19(16)17)14-10-6-3-2-4-7-10/h2-9,14-15H,1H3,(H,16,17). The summed E-state index contributed by atoms with van der Waals surface area (Å²) in [7, 11) is 1.51. The summed E-state index contributed by atoms with van der Waals surface area (Å²) in [5.74, 6) is 0.489. The smallest absolute Gasteiger partial charge is 0.259 e. The predicted octanol–water partition coefficient (Wildman–Crippen LogP) is 2.99. The zero-order valence-electron chi connectivity index (χ0n) is 10.3. The van der Waals surface area contributed by atoms with Gasteiger partial charge < -0.3 is 10.1 Å².